The Balaban J connectivity index is 1.47. The van der Waals surface area contributed by atoms with Crippen LogP contribution in [0.25, 0.3) is 33.4 Å². The number of fused-ring (bicyclic) bond motifs is 3. The highest BCUT2D eigenvalue weighted by atomic mass is 35.5. The first-order chi connectivity index (χ1) is 18.7. The van der Waals surface area contributed by atoms with E-state index in [-0.39, 0.29) is 0 Å². The van der Waals surface area contributed by atoms with Gasteiger partial charge in [0.05, 0.1) is 5.41 Å². The molecule has 38 heavy (non-hydrogen) atoms. The molecule has 0 unspecified atom stereocenters. The molecule has 6 aromatic rings. The molecule has 2 heteroatoms. The van der Waals surface area contributed by atoms with Crippen molar-refractivity contribution in [3.8, 4) is 33.4 Å². The van der Waals surface area contributed by atoms with E-state index in [1.165, 1.54) is 55.6 Å². The van der Waals surface area contributed by atoms with E-state index < -0.39 is 5.41 Å². The van der Waals surface area contributed by atoms with E-state index in [0.717, 1.165) is 5.02 Å². The van der Waals surface area contributed by atoms with Crippen LogP contribution in [0.3, 0.4) is 0 Å². The summed E-state index contributed by atoms with van der Waals surface area (Å²) in [5.74, 6) is 0. The van der Waals surface area contributed by atoms with Gasteiger partial charge < -0.3 is 0 Å². The Kier molecular flexibility index (Phi) is 5.46. The summed E-state index contributed by atoms with van der Waals surface area (Å²) < 4.78 is 0. The molecule has 1 aromatic heterocycles. The Morgan fingerprint density at radius 3 is 1.53 bits per heavy atom. The number of rotatable bonds is 4. The largest absolute Gasteiger partial charge is 0.265 e. The highest BCUT2D eigenvalue weighted by Gasteiger charge is 2.46. The average Bonchev–Trinajstić information content (AvgIpc) is 3.28. The van der Waals surface area contributed by atoms with E-state index in [1.807, 2.05) is 30.6 Å². The van der Waals surface area contributed by atoms with Gasteiger partial charge in [0.2, 0.25) is 0 Å². The molecule has 1 heterocycles. The summed E-state index contributed by atoms with van der Waals surface area (Å²) in [6.07, 6.45) is 3.67. The number of hydrogen-bond acceptors (Lipinski definition) is 1. The molecule has 180 valence electrons. The van der Waals surface area contributed by atoms with Gasteiger partial charge in [-0.15, -0.1) is 0 Å². The van der Waals surface area contributed by atoms with Gasteiger partial charge in [0.25, 0.3) is 0 Å². The van der Waals surface area contributed by atoms with Gasteiger partial charge in [-0.05, 0) is 86.0 Å². The van der Waals surface area contributed by atoms with Crippen molar-refractivity contribution < 1.29 is 0 Å². The third-order valence-corrected chi connectivity index (χ3v) is 7.98. The van der Waals surface area contributed by atoms with Crippen LogP contribution in [-0.2, 0) is 5.41 Å². The van der Waals surface area contributed by atoms with Gasteiger partial charge in [0, 0.05) is 17.4 Å². The van der Waals surface area contributed by atoms with Crippen LogP contribution in [0.5, 0.6) is 0 Å². The summed E-state index contributed by atoms with van der Waals surface area (Å²) in [7, 11) is 0. The maximum atomic E-state index is 6.66. The topological polar surface area (TPSA) is 12.9 Å². The zero-order chi connectivity index (χ0) is 25.5. The van der Waals surface area contributed by atoms with Crippen molar-refractivity contribution in [3.63, 3.8) is 0 Å². The first kappa shape index (κ1) is 22.7. The Bertz CT molecular complexity index is 1700. The summed E-state index contributed by atoms with van der Waals surface area (Å²) in [6.45, 7) is 0. The fraction of sp³-hybridized carbons (Fsp3) is 0.0278. The lowest BCUT2D eigenvalue weighted by Crippen LogP contribution is -2.28. The Morgan fingerprint density at radius 1 is 0.447 bits per heavy atom. The summed E-state index contributed by atoms with van der Waals surface area (Å²) in [5, 5.41) is 0.750. The van der Waals surface area contributed by atoms with Gasteiger partial charge in [-0.3, -0.25) is 4.98 Å². The monoisotopic (exact) mass is 505 g/mol. The first-order valence-corrected chi connectivity index (χ1v) is 13.2. The first-order valence-electron chi connectivity index (χ1n) is 12.8. The second kappa shape index (κ2) is 9.13. The van der Waals surface area contributed by atoms with Crippen molar-refractivity contribution in [2.24, 2.45) is 0 Å². The third-order valence-electron chi connectivity index (χ3n) is 7.74. The maximum Gasteiger partial charge on any atom is 0.0714 e. The molecule has 0 fully saturated rings. The second-order valence-electron chi connectivity index (χ2n) is 9.75. The molecule has 7 rings (SSSR count). The van der Waals surface area contributed by atoms with Gasteiger partial charge in [-0.1, -0.05) is 115 Å². The van der Waals surface area contributed by atoms with Crippen LogP contribution < -0.4 is 0 Å². The van der Waals surface area contributed by atoms with Crippen molar-refractivity contribution in [1.82, 2.24) is 4.98 Å². The minimum atomic E-state index is -0.467. The highest BCUT2D eigenvalue weighted by Crippen LogP contribution is 2.57. The standard InChI is InChI=1S/C36H24ClN/c37-31-16-18-33-32-17-15-28(26-13-11-25(12-14-26)27-19-21-38-22-20-27)23-34(32)36(35(33)24-31,29-7-3-1-4-8-29)30-9-5-2-6-10-30/h1-24H. The smallest absolute Gasteiger partial charge is 0.0714 e. The van der Waals surface area contributed by atoms with Crippen LogP contribution in [0.15, 0.2) is 146 Å². The van der Waals surface area contributed by atoms with Crippen LogP contribution in [0.1, 0.15) is 22.3 Å². The van der Waals surface area contributed by atoms with Crippen molar-refractivity contribution >= 4 is 11.6 Å². The lowest BCUT2D eigenvalue weighted by Gasteiger charge is -2.34. The molecule has 0 spiro atoms. The van der Waals surface area contributed by atoms with E-state index in [9.17, 15) is 0 Å². The van der Waals surface area contributed by atoms with Crippen LogP contribution in [0.4, 0.5) is 0 Å². The van der Waals surface area contributed by atoms with E-state index >= 15 is 0 Å². The van der Waals surface area contributed by atoms with Gasteiger partial charge in [-0.2, -0.15) is 0 Å². The number of hydrogen-bond donors (Lipinski definition) is 0. The fourth-order valence-corrected chi connectivity index (χ4v) is 6.21. The van der Waals surface area contributed by atoms with Crippen LogP contribution in [0, 0.1) is 0 Å². The van der Waals surface area contributed by atoms with Crippen LogP contribution >= 0.6 is 11.6 Å². The van der Waals surface area contributed by atoms with Gasteiger partial charge in [0.1, 0.15) is 0 Å². The van der Waals surface area contributed by atoms with Gasteiger partial charge in [0.15, 0.2) is 0 Å². The van der Waals surface area contributed by atoms with Crippen molar-refractivity contribution in [3.05, 3.63) is 173 Å². The second-order valence-corrected chi connectivity index (χ2v) is 10.2. The molecule has 1 nitrogen and oxygen atoms in total. The quantitative estimate of drug-likeness (QED) is 0.232. The summed E-state index contributed by atoms with van der Waals surface area (Å²) >= 11 is 6.66. The predicted octanol–water partition coefficient (Wildman–Crippen LogP) is 9.43. The Labute approximate surface area is 228 Å². The number of halogens is 1. The lowest BCUT2D eigenvalue weighted by atomic mass is 9.67. The normalized spacial score (nSPS) is 13.1. The predicted molar refractivity (Wildman–Crippen MR) is 157 cm³/mol. The van der Waals surface area contributed by atoms with E-state index in [4.69, 9.17) is 11.6 Å². The zero-order valence-electron chi connectivity index (χ0n) is 20.7. The van der Waals surface area contributed by atoms with Crippen molar-refractivity contribution in [1.29, 1.82) is 0 Å². The molecule has 0 N–H and O–H groups in total. The number of pyridine rings is 1. The minimum absolute atomic E-state index is 0.467. The molecule has 0 saturated carbocycles. The van der Waals surface area contributed by atoms with E-state index in [2.05, 4.69) is 120 Å². The molecular formula is C36H24ClN. The molecule has 1 aliphatic rings. The van der Waals surface area contributed by atoms with Crippen molar-refractivity contribution in [2.45, 2.75) is 5.41 Å². The number of aromatic nitrogens is 1. The summed E-state index contributed by atoms with van der Waals surface area (Å²) in [4.78, 5) is 4.15. The van der Waals surface area contributed by atoms with E-state index in [0.29, 0.717) is 0 Å². The SMILES string of the molecule is Clc1ccc2c(c1)C(c1ccccc1)(c1ccccc1)c1cc(-c3ccc(-c4ccncc4)cc3)ccc1-2. The molecule has 0 amide bonds. The fourth-order valence-electron chi connectivity index (χ4n) is 6.04. The zero-order valence-corrected chi connectivity index (χ0v) is 21.4. The molecule has 0 saturated heterocycles. The molecule has 0 aliphatic heterocycles. The van der Waals surface area contributed by atoms with Crippen LogP contribution in [-0.4, -0.2) is 4.98 Å². The van der Waals surface area contributed by atoms with Gasteiger partial charge >= 0.3 is 0 Å². The van der Waals surface area contributed by atoms with Gasteiger partial charge in [-0.25, -0.2) is 0 Å². The number of benzene rings is 5. The Hall–Kier alpha value is -4.46. The average molecular weight is 506 g/mol. The van der Waals surface area contributed by atoms with E-state index in [1.54, 1.807) is 0 Å². The highest BCUT2D eigenvalue weighted by molar-refractivity contribution is 6.30. The Morgan fingerprint density at radius 2 is 0.921 bits per heavy atom. The molecule has 0 atom stereocenters. The maximum absolute atomic E-state index is 6.66. The van der Waals surface area contributed by atoms with Crippen LogP contribution in [0.2, 0.25) is 5.02 Å². The lowest BCUT2D eigenvalue weighted by molar-refractivity contribution is 0.769. The molecule has 1 aliphatic carbocycles. The third kappa shape index (κ3) is 3.51. The summed E-state index contributed by atoms with van der Waals surface area (Å²) in [6, 6.07) is 47.7. The molecular weight excluding hydrogens is 482 g/mol. The molecule has 0 radical (unpaired) electrons. The molecule has 5 aromatic carbocycles. The summed E-state index contributed by atoms with van der Waals surface area (Å²) in [5.41, 5.74) is 11.7. The van der Waals surface area contributed by atoms with Crippen molar-refractivity contribution in [2.75, 3.05) is 0 Å². The number of nitrogens with zero attached hydrogens (tertiary/aromatic N) is 1. The molecule has 0 bridgehead atoms. The minimum Gasteiger partial charge on any atom is -0.265 e.